The number of nitrogens with one attached hydrogen (secondary N) is 1. The molecular formula is C10H17N3OS3. The maximum Gasteiger partial charge on any atom is 0.175 e. The van der Waals surface area contributed by atoms with Crippen molar-refractivity contribution in [1.29, 1.82) is 0 Å². The number of aliphatic hydroxyl groups excluding tert-OH is 1. The molecule has 0 bridgehead atoms. The van der Waals surface area contributed by atoms with Crippen molar-refractivity contribution in [2.45, 2.75) is 38.7 Å². The van der Waals surface area contributed by atoms with Gasteiger partial charge in [-0.1, -0.05) is 34.9 Å². The molecule has 7 heteroatoms. The molecule has 2 N–H and O–H groups in total. The number of thioether (sulfide) groups is 2. The van der Waals surface area contributed by atoms with Gasteiger partial charge in [0.05, 0.1) is 6.61 Å². The zero-order valence-electron chi connectivity index (χ0n) is 9.97. The maximum atomic E-state index is 9.44. The van der Waals surface area contributed by atoms with Crippen LogP contribution >= 0.6 is 34.9 Å². The van der Waals surface area contributed by atoms with E-state index in [1.165, 1.54) is 0 Å². The van der Waals surface area contributed by atoms with Crippen molar-refractivity contribution >= 4 is 34.9 Å². The molecule has 0 aromatic carbocycles. The van der Waals surface area contributed by atoms with Gasteiger partial charge in [0.15, 0.2) is 8.68 Å². The van der Waals surface area contributed by atoms with Crippen LogP contribution in [-0.2, 0) is 0 Å². The number of nitrogens with zero attached hydrogens (tertiary/aromatic N) is 2. The van der Waals surface area contributed by atoms with Crippen LogP contribution in [0.3, 0.4) is 0 Å². The monoisotopic (exact) mass is 291 g/mol. The van der Waals surface area contributed by atoms with Gasteiger partial charge >= 0.3 is 0 Å². The highest BCUT2D eigenvalue weighted by molar-refractivity contribution is 8.03. The van der Waals surface area contributed by atoms with Gasteiger partial charge in [0.2, 0.25) is 0 Å². The molecule has 1 aromatic rings. The number of aromatic nitrogens is 2. The van der Waals surface area contributed by atoms with E-state index in [4.69, 9.17) is 0 Å². The Morgan fingerprint density at radius 1 is 1.53 bits per heavy atom. The smallest absolute Gasteiger partial charge is 0.175 e. The summed E-state index contributed by atoms with van der Waals surface area (Å²) in [6.45, 7) is 0.215. The van der Waals surface area contributed by atoms with Crippen LogP contribution in [0.1, 0.15) is 19.3 Å². The fourth-order valence-corrected chi connectivity index (χ4v) is 5.11. The molecule has 1 fully saturated rings. The van der Waals surface area contributed by atoms with Crippen LogP contribution < -0.4 is 5.32 Å². The van der Waals surface area contributed by atoms with Crippen molar-refractivity contribution in [3.63, 3.8) is 0 Å². The van der Waals surface area contributed by atoms with Crippen LogP contribution in [0, 0.1) is 0 Å². The SMILES string of the molecule is CNC1(CO)CCC(Sc2nnc(SC)s2)C1. The standard InChI is InChI=1S/C10H17N3OS3/c1-11-10(6-14)4-3-7(5-10)16-9-13-12-8(15-2)17-9/h7,11,14H,3-6H2,1-2H3. The largest absolute Gasteiger partial charge is 0.394 e. The Bertz CT molecular complexity index is 367. The first-order valence-electron chi connectivity index (χ1n) is 5.55. The highest BCUT2D eigenvalue weighted by atomic mass is 32.2. The summed E-state index contributed by atoms with van der Waals surface area (Å²) in [5.41, 5.74) is -0.0787. The number of hydrogen-bond donors (Lipinski definition) is 2. The Labute approximate surface area is 114 Å². The first-order chi connectivity index (χ1) is 8.21. The highest BCUT2D eigenvalue weighted by Crippen LogP contribution is 2.41. The minimum atomic E-state index is -0.0787. The average Bonchev–Trinajstić information content (AvgIpc) is 2.97. The number of likely N-dealkylation sites (N-methyl/N-ethyl adjacent to an activating group) is 1. The summed E-state index contributed by atoms with van der Waals surface area (Å²) in [5, 5.41) is 21.5. The van der Waals surface area contributed by atoms with Crippen molar-refractivity contribution in [2.24, 2.45) is 0 Å². The lowest BCUT2D eigenvalue weighted by Gasteiger charge is -2.26. The van der Waals surface area contributed by atoms with E-state index >= 15 is 0 Å². The first kappa shape index (κ1) is 13.6. The zero-order chi connectivity index (χ0) is 12.3. The summed E-state index contributed by atoms with van der Waals surface area (Å²) in [6, 6.07) is 0. The molecule has 1 heterocycles. The van der Waals surface area contributed by atoms with Crippen LogP contribution in [-0.4, -0.2) is 46.0 Å². The molecule has 0 saturated heterocycles. The van der Waals surface area contributed by atoms with Crippen molar-refractivity contribution in [2.75, 3.05) is 19.9 Å². The van der Waals surface area contributed by atoms with Crippen LogP contribution in [0.25, 0.3) is 0 Å². The van der Waals surface area contributed by atoms with Crippen LogP contribution in [0.4, 0.5) is 0 Å². The maximum absolute atomic E-state index is 9.44. The molecule has 1 aliphatic carbocycles. The predicted molar refractivity (Wildman–Crippen MR) is 74.1 cm³/mol. The number of hydrogen-bond acceptors (Lipinski definition) is 7. The first-order valence-corrected chi connectivity index (χ1v) is 8.47. The third-order valence-electron chi connectivity index (χ3n) is 3.23. The normalized spacial score (nSPS) is 28.8. The molecule has 0 amide bonds. The molecule has 1 aromatic heterocycles. The molecule has 96 valence electrons. The summed E-state index contributed by atoms with van der Waals surface area (Å²) in [7, 11) is 1.93. The van der Waals surface area contributed by atoms with Gasteiger partial charge in [-0.2, -0.15) is 0 Å². The summed E-state index contributed by atoms with van der Waals surface area (Å²) in [4.78, 5) is 0. The average molecular weight is 291 g/mol. The number of rotatable bonds is 5. The van der Waals surface area contributed by atoms with Crippen molar-refractivity contribution < 1.29 is 5.11 Å². The lowest BCUT2D eigenvalue weighted by atomic mass is 10.00. The van der Waals surface area contributed by atoms with Crippen molar-refractivity contribution in [3.8, 4) is 0 Å². The Morgan fingerprint density at radius 2 is 2.29 bits per heavy atom. The van der Waals surface area contributed by atoms with E-state index in [1.807, 2.05) is 13.3 Å². The quantitative estimate of drug-likeness (QED) is 0.808. The molecule has 0 radical (unpaired) electrons. The molecule has 4 nitrogen and oxygen atoms in total. The van der Waals surface area contributed by atoms with Crippen LogP contribution in [0.5, 0.6) is 0 Å². The second-order valence-electron chi connectivity index (χ2n) is 4.21. The topological polar surface area (TPSA) is 58.0 Å². The summed E-state index contributed by atoms with van der Waals surface area (Å²) in [5.74, 6) is 0. The number of aliphatic hydroxyl groups is 1. The van der Waals surface area contributed by atoms with E-state index < -0.39 is 0 Å². The molecule has 1 aliphatic rings. The summed E-state index contributed by atoms with van der Waals surface area (Å²) in [6.07, 6.45) is 5.17. The van der Waals surface area contributed by atoms with E-state index in [9.17, 15) is 5.11 Å². The van der Waals surface area contributed by atoms with Crippen LogP contribution in [0.15, 0.2) is 8.68 Å². The van der Waals surface area contributed by atoms with Gasteiger partial charge in [-0.05, 0) is 32.6 Å². The van der Waals surface area contributed by atoms with Crippen molar-refractivity contribution in [3.05, 3.63) is 0 Å². The van der Waals surface area contributed by atoms with E-state index in [1.54, 1.807) is 34.9 Å². The molecular weight excluding hydrogens is 274 g/mol. The lowest BCUT2D eigenvalue weighted by Crippen LogP contribution is -2.44. The van der Waals surface area contributed by atoms with Gasteiger partial charge in [-0.3, -0.25) is 0 Å². The van der Waals surface area contributed by atoms with Gasteiger partial charge in [-0.15, -0.1) is 10.2 Å². The lowest BCUT2D eigenvalue weighted by molar-refractivity contribution is 0.173. The molecule has 2 rings (SSSR count). The molecule has 2 unspecified atom stereocenters. The molecule has 2 atom stereocenters. The predicted octanol–water partition coefficient (Wildman–Crippen LogP) is 1.86. The van der Waals surface area contributed by atoms with E-state index in [0.29, 0.717) is 5.25 Å². The fourth-order valence-electron chi connectivity index (χ4n) is 2.10. The summed E-state index contributed by atoms with van der Waals surface area (Å²) < 4.78 is 2.07. The Balaban J connectivity index is 1.93. The summed E-state index contributed by atoms with van der Waals surface area (Å²) >= 11 is 5.09. The van der Waals surface area contributed by atoms with Gasteiger partial charge in [0.1, 0.15) is 0 Å². The Kier molecular flexibility index (Phi) is 4.71. The van der Waals surface area contributed by atoms with E-state index in [0.717, 1.165) is 27.9 Å². The molecule has 1 saturated carbocycles. The third-order valence-corrected chi connectivity index (χ3v) is 6.48. The Morgan fingerprint density at radius 3 is 2.82 bits per heavy atom. The van der Waals surface area contributed by atoms with Gasteiger partial charge in [0, 0.05) is 10.8 Å². The molecule has 17 heavy (non-hydrogen) atoms. The second-order valence-corrected chi connectivity index (χ2v) is 7.79. The van der Waals surface area contributed by atoms with Gasteiger partial charge < -0.3 is 10.4 Å². The minimum absolute atomic E-state index is 0.0787. The van der Waals surface area contributed by atoms with Gasteiger partial charge in [-0.25, -0.2) is 0 Å². The van der Waals surface area contributed by atoms with Crippen molar-refractivity contribution in [1.82, 2.24) is 15.5 Å². The second kappa shape index (κ2) is 5.88. The minimum Gasteiger partial charge on any atom is -0.394 e. The molecule has 0 spiro atoms. The van der Waals surface area contributed by atoms with E-state index in [2.05, 4.69) is 15.5 Å². The zero-order valence-corrected chi connectivity index (χ0v) is 12.4. The highest BCUT2D eigenvalue weighted by Gasteiger charge is 2.38. The van der Waals surface area contributed by atoms with Gasteiger partial charge in [0.25, 0.3) is 0 Å². The van der Waals surface area contributed by atoms with Crippen LogP contribution in [0.2, 0.25) is 0 Å². The fraction of sp³-hybridized carbons (Fsp3) is 0.800. The van der Waals surface area contributed by atoms with E-state index in [-0.39, 0.29) is 12.1 Å². The Hall–Kier alpha value is 0.180. The molecule has 0 aliphatic heterocycles. The third kappa shape index (κ3) is 3.14.